The van der Waals surface area contributed by atoms with Crippen molar-refractivity contribution in [3.8, 4) is 11.5 Å². The molecule has 142 valence electrons. The maximum atomic E-state index is 12.2. The molecule has 3 rings (SSSR count). The Balaban J connectivity index is 1.56. The number of ether oxygens (including phenoxy) is 2. The van der Waals surface area contributed by atoms with E-state index in [2.05, 4.69) is 21.2 Å². The lowest BCUT2D eigenvalue weighted by Crippen LogP contribution is -2.07. The zero-order valence-electron chi connectivity index (χ0n) is 15.4. The van der Waals surface area contributed by atoms with Crippen molar-refractivity contribution in [1.82, 2.24) is 0 Å². The highest BCUT2D eigenvalue weighted by molar-refractivity contribution is 9.10. The smallest absolute Gasteiger partial charge is 0.248 e. The highest BCUT2D eigenvalue weighted by Crippen LogP contribution is 2.24. The van der Waals surface area contributed by atoms with E-state index in [9.17, 15) is 4.79 Å². The first kappa shape index (κ1) is 19.7. The van der Waals surface area contributed by atoms with Crippen LogP contribution in [0.2, 0.25) is 0 Å². The molecule has 0 aromatic heterocycles. The van der Waals surface area contributed by atoms with Crippen LogP contribution in [0.3, 0.4) is 0 Å². The fourth-order valence-corrected chi connectivity index (χ4v) is 2.94. The number of hydrogen-bond acceptors (Lipinski definition) is 3. The van der Waals surface area contributed by atoms with Crippen LogP contribution in [0.15, 0.2) is 83.3 Å². The van der Waals surface area contributed by atoms with Gasteiger partial charge in [-0.1, -0.05) is 46.3 Å². The predicted molar refractivity (Wildman–Crippen MR) is 116 cm³/mol. The molecule has 3 aromatic rings. The zero-order chi connectivity index (χ0) is 19.8. The van der Waals surface area contributed by atoms with Crippen LogP contribution in [0.25, 0.3) is 6.08 Å². The van der Waals surface area contributed by atoms with Crippen molar-refractivity contribution in [3.63, 3.8) is 0 Å². The number of halogens is 1. The van der Waals surface area contributed by atoms with E-state index < -0.39 is 0 Å². The Kier molecular flexibility index (Phi) is 6.87. The van der Waals surface area contributed by atoms with E-state index in [-0.39, 0.29) is 5.91 Å². The summed E-state index contributed by atoms with van der Waals surface area (Å²) in [4.78, 5) is 12.2. The average molecular weight is 438 g/mol. The number of carbonyl (C=O) groups excluding carboxylic acids is 1. The summed E-state index contributed by atoms with van der Waals surface area (Å²) >= 11 is 3.42. The number of rotatable bonds is 7. The molecule has 28 heavy (non-hydrogen) atoms. The molecule has 0 atom stereocenters. The summed E-state index contributed by atoms with van der Waals surface area (Å²) in [5, 5.41) is 2.83. The second-order valence-electron chi connectivity index (χ2n) is 6.01. The van der Waals surface area contributed by atoms with Gasteiger partial charge < -0.3 is 14.8 Å². The molecule has 0 heterocycles. The van der Waals surface area contributed by atoms with Gasteiger partial charge in [0.2, 0.25) is 5.91 Å². The van der Waals surface area contributed by atoms with Crippen LogP contribution in [-0.2, 0) is 11.4 Å². The molecule has 0 saturated carbocycles. The van der Waals surface area contributed by atoms with Gasteiger partial charge >= 0.3 is 0 Å². The van der Waals surface area contributed by atoms with Crippen molar-refractivity contribution < 1.29 is 14.3 Å². The molecule has 0 bridgehead atoms. The minimum absolute atomic E-state index is 0.222. The Bertz CT molecular complexity index is 953. The maximum absolute atomic E-state index is 12.2. The van der Waals surface area contributed by atoms with E-state index in [0.29, 0.717) is 18.0 Å². The molecule has 0 aliphatic heterocycles. The first-order chi connectivity index (χ1) is 13.6. The number of anilines is 1. The maximum Gasteiger partial charge on any atom is 0.248 e. The Morgan fingerprint density at radius 1 is 1.04 bits per heavy atom. The van der Waals surface area contributed by atoms with Crippen LogP contribution in [0.1, 0.15) is 11.1 Å². The second kappa shape index (κ2) is 9.76. The van der Waals surface area contributed by atoms with Crippen LogP contribution >= 0.6 is 15.9 Å². The molecule has 0 saturated heterocycles. The van der Waals surface area contributed by atoms with Gasteiger partial charge in [0.15, 0.2) is 0 Å². The summed E-state index contributed by atoms with van der Waals surface area (Å²) in [7, 11) is 1.60. The summed E-state index contributed by atoms with van der Waals surface area (Å²) < 4.78 is 12.0. The molecule has 1 N–H and O–H groups in total. The highest BCUT2D eigenvalue weighted by Gasteiger charge is 2.03. The van der Waals surface area contributed by atoms with Gasteiger partial charge in [0, 0.05) is 21.8 Å². The summed E-state index contributed by atoms with van der Waals surface area (Å²) in [6, 6.07) is 22.9. The molecule has 3 aromatic carbocycles. The predicted octanol–water partition coefficient (Wildman–Crippen LogP) is 5.69. The minimum Gasteiger partial charge on any atom is -0.496 e. The molecule has 0 radical (unpaired) electrons. The first-order valence-electron chi connectivity index (χ1n) is 8.73. The third kappa shape index (κ3) is 5.72. The quantitative estimate of drug-likeness (QED) is 0.483. The standard InChI is InChI=1S/C23H20BrNO3/c1-27-22-13-8-19(24)15-18(22)7-14-23(26)25-20-9-11-21(12-10-20)28-16-17-5-3-2-4-6-17/h2-15H,16H2,1H3,(H,25,26)/b14-7+. The van der Waals surface area contributed by atoms with Gasteiger partial charge in [-0.3, -0.25) is 4.79 Å². The Labute approximate surface area is 172 Å². The third-order valence-corrected chi connectivity index (χ3v) is 4.47. The van der Waals surface area contributed by atoms with Gasteiger partial charge in [-0.15, -0.1) is 0 Å². The topological polar surface area (TPSA) is 47.6 Å². The van der Waals surface area contributed by atoms with Crippen LogP contribution in [-0.4, -0.2) is 13.0 Å². The largest absolute Gasteiger partial charge is 0.496 e. The molecule has 4 nitrogen and oxygen atoms in total. The number of hydrogen-bond donors (Lipinski definition) is 1. The van der Waals surface area contributed by atoms with E-state index in [1.54, 1.807) is 13.2 Å². The molecule has 0 aliphatic rings. The molecular weight excluding hydrogens is 418 g/mol. The number of benzene rings is 3. The summed E-state index contributed by atoms with van der Waals surface area (Å²) in [5.41, 5.74) is 2.62. The van der Waals surface area contributed by atoms with Crippen LogP contribution in [0.5, 0.6) is 11.5 Å². The highest BCUT2D eigenvalue weighted by atomic mass is 79.9. The summed E-state index contributed by atoms with van der Waals surface area (Å²) in [6.07, 6.45) is 3.19. The normalized spacial score (nSPS) is 10.6. The Morgan fingerprint density at radius 3 is 2.50 bits per heavy atom. The van der Waals surface area contributed by atoms with Crippen molar-refractivity contribution in [1.29, 1.82) is 0 Å². The number of amides is 1. The van der Waals surface area contributed by atoms with Crippen LogP contribution < -0.4 is 14.8 Å². The molecule has 0 spiro atoms. The first-order valence-corrected chi connectivity index (χ1v) is 9.53. The van der Waals surface area contributed by atoms with Crippen molar-refractivity contribution >= 4 is 33.6 Å². The second-order valence-corrected chi connectivity index (χ2v) is 6.92. The minimum atomic E-state index is -0.222. The number of nitrogens with one attached hydrogen (secondary N) is 1. The van der Waals surface area contributed by atoms with Crippen LogP contribution in [0, 0.1) is 0 Å². The van der Waals surface area contributed by atoms with E-state index in [1.807, 2.05) is 72.8 Å². The van der Waals surface area contributed by atoms with Crippen molar-refractivity contribution in [2.75, 3.05) is 12.4 Å². The van der Waals surface area contributed by atoms with Gasteiger partial charge in [0.05, 0.1) is 7.11 Å². The molecular formula is C23H20BrNO3. The van der Waals surface area contributed by atoms with Gasteiger partial charge in [0.1, 0.15) is 18.1 Å². The molecule has 0 fully saturated rings. The van der Waals surface area contributed by atoms with E-state index in [1.165, 1.54) is 6.08 Å². The molecule has 5 heteroatoms. The fourth-order valence-electron chi connectivity index (χ4n) is 2.56. The lowest BCUT2D eigenvalue weighted by molar-refractivity contribution is -0.111. The van der Waals surface area contributed by atoms with Gasteiger partial charge in [-0.05, 0) is 54.1 Å². The number of carbonyl (C=O) groups is 1. The van der Waals surface area contributed by atoms with Gasteiger partial charge in [-0.25, -0.2) is 0 Å². The van der Waals surface area contributed by atoms with E-state index in [0.717, 1.165) is 21.3 Å². The van der Waals surface area contributed by atoms with Crippen molar-refractivity contribution in [2.45, 2.75) is 6.61 Å². The van der Waals surface area contributed by atoms with Crippen molar-refractivity contribution in [2.24, 2.45) is 0 Å². The summed E-state index contributed by atoms with van der Waals surface area (Å²) in [6.45, 7) is 0.504. The monoisotopic (exact) mass is 437 g/mol. The van der Waals surface area contributed by atoms with Crippen molar-refractivity contribution in [3.05, 3.63) is 94.5 Å². The summed E-state index contributed by atoms with van der Waals surface area (Å²) in [5.74, 6) is 1.23. The Morgan fingerprint density at radius 2 is 1.79 bits per heavy atom. The number of methoxy groups -OCH3 is 1. The third-order valence-electron chi connectivity index (χ3n) is 3.98. The Hall–Kier alpha value is -3.05. The lowest BCUT2D eigenvalue weighted by atomic mass is 10.2. The molecule has 0 unspecified atom stereocenters. The average Bonchev–Trinajstić information content (AvgIpc) is 2.72. The van der Waals surface area contributed by atoms with Gasteiger partial charge in [-0.2, -0.15) is 0 Å². The molecule has 0 aliphatic carbocycles. The SMILES string of the molecule is COc1ccc(Br)cc1/C=C/C(=O)Nc1ccc(OCc2ccccc2)cc1. The van der Waals surface area contributed by atoms with E-state index >= 15 is 0 Å². The van der Waals surface area contributed by atoms with E-state index in [4.69, 9.17) is 9.47 Å². The fraction of sp³-hybridized carbons (Fsp3) is 0.0870. The zero-order valence-corrected chi connectivity index (χ0v) is 17.0. The lowest BCUT2D eigenvalue weighted by Gasteiger charge is -2.08. The van der Waals surface area contributed by atoms with Crippen LogP contribution in [0.4, 0.5) is 5.69 Å². The van der Waals surface area contributed by atoms with Gasteiger partial charge in [0.25, 0.3) is 0 Å². The molecule has 1 amide bonds.